The fourth-order valence-electron chi connectivity index (χ4n) is 1.69. The standard InChI is InChI=1S/C13H15N3O2S3/c1-9-8-20-12(16-9)6-7-15-21(17,18)11-4-2-10(3-5-11)13(14)19/h2-5,8,15H,6-7H2,1H3,(H2,14,19). The van der Waals surface area contributed by atoms with Gasteiger partial charge in [0.25, 0.3) is 0 Å². The third-order valence-corrected chi connectivity index (χ3v) is 5.49. The summed E-state index contributed by atoms with van der Waals surface area (Å²) in [6.07, 6.45) is 0.572. The molecule has 0 bridgehead atoms. The average Bonchev–Trinajstić information content (AvgIpc) is 2.84. The summed E-state index contributed by atoms with van der Waals surface area (Å²) in [5.41, 5.74) is 7.07. The molecule has 0 saturated carbocycles. The number of hydrogen-bond acceptors (Lipinski definition) is 5. The smallest absolute Gasteiger partial charge is 0.240 e. The lowest BCUT2D eigenvalue weighted by Gasteiger charge is -2.06. The Morgan fingerprint density at radius 3 is 2.57 bits per heavy atom. The molecule has 0 amide bonds. The topological polar surface area (TPSA) is 85.1 Å². The average molecular weight is 341 g/mol. The Kier molecular flexibility index (Phi) is 5.04. The minimum atomic E-state index is -3.52. The summed E-state index contributed by atoms with van der Waals surface area (Å²) < 4.78 is 26.8. The summed E-state index contributed by atoms with van der Waals surface area (Å²) >= 11 is 6.36. The highest BCUT2D eigenvalue weighted by Crippen LogP contribution is 2.12. The first-order valence-electron chi connectivity index (χ1n) is 6.19. The second-order valence-corrected chi connectivity index (χ2v) is 7.57. The lowest BCUT2D eigenvalue weighted by atomic mass is 10.2. The number of thiazole rings is 1. The second-order valence-electron chi connectivity index (χ2n) is 4.42. The highest BCUT2D eigenvalue weighted by atomic mass is 32.2. The molecule has 0 aliphatic carbocycles. The number of nitrogens with zero attached hydrogens (tertiary/aromatic N) is 1. The lowest BCUT2D eigenvalue weighted by molar-refractivity contribution is 0.581. The largest absolute Gasteiger partial charge is 0.389 e. The quantitative estimate of drug-likeness (QED) is 0.780. The Labute approximate surface area is 133 Å². The van der Waals surface area contributed by atoms with Crippen molar-refractivity contribution in [1.82, 2.24) is 9.71 Å². The van der Waals surface area contributed by atoms with E-state index in [1.807, 2.05) is 12.3 Å². The number of sulfonamides is 1. The number of benzene rings is 1. The Morgan fingerprint density at radius 2 is 2.05 bits per heavy atom. The van der Waals surface area contributed by atoms with Crippen molar-refractivity contribution in [2.75, 3.05) is 6.54 Å². The molecule has 1 aromatic heterocycles. The van der Waals surface area contributed by atoms with Crippen molar-refractivity contribution >= 4 is 38.6 Å². The van der Waals surface area contributed by atoms with E-state index in [0.29, 0.717) is 18.5 Å². The van der Waals surface area contributed by atoms with E-state index in [0.717, 1.165) is 10.7 Å². The maximum atomic E-state index is 12.1. The summed E-state index contributed by atoms with van der Waals surface area (Å²) in [5.74, 6) is 0. The molecular weight excluding hydrogens is 326 g/mol. The van der Waals surface area contributed by atoms with Crippen molar-refractivity contribution in [2.24, 2.45) is 5.73 Å². The van der Waals surface area contributed by atoms with Crippen molar-refractivity contribution in [3.8, 4) is 0 Å². The predicted octanol–water partition coefficient (Wildman–Crippen LogP) is 1.61. The number of nitrogens with one attached hydrogen (secondary N) is 1. The minimum Gasteiger partial charge on any atom is -0.389 e. The first-order valence-corrected chi connectivity index (χ1v) is 8.96. The minimum absolute atomic E-state index is 0.192. The molecule has 2 rings (SSSR count). The summed E-state index contributed by atoms with van der Waals surface area (Å²) in [6, 6.07) is 6.18. The van der Waals surface area contributed by atoms with E-state index in [4.69, 9.17) is 18.0 Å². The molecule has 0 aliphatic rings. The van der Waals surface area contributed by atoms with E-state index in [1.54, 1.807) is 12.1 Å². The van der Waals surface area contributed by atoms with Gasteiger partial charge in [0.1, 0.15) is 4.99 Å². The second kappa shape index (κ2) is 6.61. The zero-order chi connectivity index (χ0) is 15.5. The van der Waals surface area contributed by atoms with Crippen LogP contribution in [0, 0.1) is 6.92 Å². The molecule has 21 heavy (non-hydrogen) atoms. The van der Waals surface area contributed by atoms with E-state index in [2.05, 4.69) is 9.71 Å². The Morgan fingerprint density at radius 1 is 1.38 bits per heavy atom. The third kappa shape index (κ3) is 4.31. The van der Waals surface area contributed by atoms with Gasteiger partial charge in [0.15, 0.2) is 0 Å². The van der Waals surface area contributed by atoms with Crippen LogP contribution in [0.4, 0.5) is 0 Å². The first kappa shape index (κ1) is 16.0. The molecule has 0 unspecified atom stereocenters. The van der Waals surface area contributed by atoms with Gasteiger partial charge in [-0.1, -0.05) is 24.4 Å². The van der Waals surface area contributed by atoms with Crippen LogP contribution in [0.25, 0.3) is 0 Å². The lowest BCUT2D eigenvalue weighted by Crippen LogP contribution is -2.26. The summed E-state index contributed by atoms with van der Waals surface area (Å²) in [4.78, 5) is 4.72. The summed E-state index contributed by atoms with van der Waals surface area (Å²) in [6.45, 7) is 2.22. The van der Waals surface area contributed by atoms with Crippen LogP contribution in [0.15, 0.2) is 34.5 Å². The molecule has 3 N–H and O–H groups in total. The van der Waals surface area contributed by atoms with Gasteiger partial charge in [-0.25, -0.2) is 18.1 Å². The van der Waals surface area contributed by atoms with Crippen molar-refractivity contribution in [1.29, 1.82) is 0 Å². The molecule has 8 heteroatoms. The number of rotatable bonds is 6. The summed E-state index contributed by atoms with van der Waals surface area (Å²) in [7, 11) is -3.52. The maximum absolute atomic E-state index is 12.1. The summed E-state index contributed by atoms with van der Waals surface area (Å²) in [5, 5.41) is 2.86. The van der Waals surface area contributed by atoms with E-state index >= 15 is 0 Å². The van der Waals surface area contributed by atoms with E-state index in [-0.39, 0.29) is 9.88 Å². The van der Waals surface area contributed by atoms with Gasteiger partial charge in [0.05, 0.1) is 9.90 Å². The van der Waals surface area contributed by atoms with Gasteiger partial charge < -0.3 is 5.73 Å². The molecular formula is C13H15N3O2S3. The van der Waals surface area contributed by atoms with Gasteiger partial charge in [0.2, 0.25) is 10.0 Å². The molecule has 0 radical (unpaired) electrons. The van der Waals surface area contributed by atoms with Crippen LogP contribution < -0.4 is 10.5 Å². The Bertz CT molecular complexity index is 736. The van der Waals surface area contributed by atoms with Crippen LogP contribution in [0.2, 0.25) is 0 Å². The van der Waals surface area contributed by atoms with E-state index in [1.165, 1.54) is 23.5 Å². The molecule has 1 heterocycles. The third-order valence-electron chi connectivity index (χ3n) is 2.75. The van der Waals surface area contributed by atoms with Crippen LogP contribution in [0.3, 0.4) is 0 Å². The van der Waals surface area contributed by atoms with E-state index in [9.17, 15) is 8.42 Å². The molecule has 0 fully saturated rings. The molecule has 1 aromatic carbocycles. The number of aryl methyl sites for hydroxylation is 1. The van der Waals surface area contributed by atoms with Crippen molar-refractivity contribution < 1.29 is 8.42 Å². The number of aromatic nitrogens is 1. The van der Waals surface area contributed by atoms with Crippen LogP contribution in [0.1, 0.15) is 16.3 Å². The number of nitrogens with two attached hydrogens (primary N) is 1. The van der Waals surface area contributed by atoms with Crippen molar-refractivity contribution in [3.05, 3.63) is 45.9 Å². The number of thiocarbonyl (C=S) groups is 1. The van der Waals surface area contributed by atoms with Gasteiger partial charge in [-0.2, -0.15) is 0 Å². The number of hydrogen-bond donors (Lipinski definition) is 2. The molecule has 0 aliphatic heterocycles. The predicted molar refractivity (Wildman–Crippen MR) is 88.1 cm³/mol. The van der Waals surface area contributed by atoms with Gasteiger partial charge in [0, 0.05) is 29.6 Å². The highest BCUT2D eigenvalue weighted by molar-refractivity contribution is 7.89. The zero-order valence-corrected chi connectivity index (χ0v) is 13.8. The molecule has 0 spiro atoms. The van der Waals surface area contributed by atoms with Gasteiger partial charge >= 0.3 is 0 Å². The van der Waals surface area contributed by atoms with Gasteiger partial charge in [-0.15, -0.1) is 11.3 Å². The van der Waals surface area contributed by atoms with Crippen molar-refractivity contribution in [2.45, 2.75) is 18.2 Å². The Hall–Kier alpha value is -1.35. The van der Waals surface area contributed by atoms with Crippen LogP contribution in [0.5, 0.6) is 0 Å². The van der Waals surface area contributed by atoms with Crippen molar-refractivity contribution in [3.63, 3.8) is 0 Å². The van der Waals surface area contributed by atoms with Crippen LogP contribution >= 0.6 is 23.6 Å². The zero-order valence-electron chi connectivity index (χ0n) is 11.4. The molecule has 0 saturated heterocycles. The molecule has 5 nitrogen and oxygen atoms in total. The van der Waals surface area contributed by atoms with Crippen LogP contribution in [-0.2, 0) is 16.4 Å². The van der Waals surface area contributed by atoms with Gasteiger partial charge in [-0.3, -0.25) is 0 Å². The monoisotopic (exact) mass is 341 g/mol. The Balaban J connectivity index is 1.99. The fourth-order valence-corrected chi connectivity index (χ4v) is 3.64. The SMILES string of the molecule is Cc1csc(CCNS(=O)(=O)c2ccc(C(N)=S)cc2)n1. The normalized spacial score (nSPS) is 11.5. The van der Waals surface area contributed by atoms with E-state index < -0.39 is 10.0 Å². The fraction of sp³-hybridized carbons (Fsp3) is 0.231. The maximum Gasteiger partial charge on any atom is 0.240 e. The first-order chi connectivity index (χ1) is 9.88. The molecule has 112 valence electrons. The molecule has 2 aromatic rings. The van der Waals surface area contributed by atoms with Gasteiger partial charge in [-0.05, 0) is 19.1 Å². The highest BCUT2D eigenvalue weighted by Gasteiger charge is 2.13. The molecule has 0 atom stereocenters. The van der Waals surface area contributed by atoms with Crippen LogP contribution in [-0.4, -0.2) is 24.9 Å².